The Morgan fingerprint density at radius 1 is 0.958 bits per heavy atom. The van der Waals surface area contributed by atoms with Crippen LogP contribution in [0.5, 0.6) is 0 Å². The number of anilines is 1. The average Bonchev–Trinajstić information content (AvgIpc) is 2.55. The summed E-state index contributed by atoms with van der Waals surface area (Å²) in [5.74, 6) is -1.35. The summed E-state index contributed by atoms with van der Waals surface area (Å²) >= 11 is 0. The third kappa shape index (κ3) is 5.15. The van der Waals surface area contributed by atoms with Gasteiger partial charge in [-0.05, 0) is 48.4 Å². The van der Waals surface area contributed by atoms with Crippen LogP contribution >= 0.6 is 0 Å². The van der Waals surface area contributed by atoms with Gasteiger partial charge in [0, 0.05) is 19.2 Å². The first-order chi connectivity index (χ1) is 11.5. The van der Waals surface area contributed by atoms with E-state index < -0.39 is 5.82 Å². The minimum atomic E-state index is -0.411. The lowest BCUT2D eigenvalue weighted by molar-refractivity contribution is -0.123. The van der Waals surface area contributed by atoms with Crippen molar-refractivity contribution in [1.29, 1.82) is 0 Å². The molecule has 0 aliphatic carbocycles. The number of hydrogen-bond donors (Lipinski definition) is 1. The molecule has 0 saturated carbocycles. The molecule has 2 rings (SSSR count). The van der Waals surface area contributed by atoms with Gasteiger partial charge in [-0.1, -0.05) is 12.1 Å². The van der Waals surface area contributed by atoms with Gasteiger partial charge in [0.25, 0.3) is 0 Å². The molecule has 0 saturated heterocycles. The number of carbonyl (C=O) groups is 2. The molecular formula is C18H18F2N2O2. The standard InChI is InChI=1S/C18H18F2N2O2/c1-13(23)22(17-8-6-16(20)7-9-17)12-18(24)21-11-10-14-2-4-15(19)5-3-14/h2-9H,10-12H2,1H3,(H,21,24). The Kier molecular flexibility index (Phi) is 6.01. The maximum atomic E-state index is 13.0. The smallest absolute Gasteiger partial charge is 0.240 e. The third-order valence-electron chi connectivity index (χ3n) is 3.47. The highest BCUT2D eigenvalue weighted by Crippen LogP contribution is 2.14. The van der Waals surface area contributed by atoms with Crippen molar-refractivity contribution >= 4 is 17.5 Å². The summed E-state index contributed by atoms with van der Waals surface area (Å²) < 4.78 is 25.8. The molecule has 0 spiro atoms. The topological polar surface area (TPSA) is 49.4 Å². The normalized spacial score (nSPS) is 10.3. The van der Waals surface area contributed by atoms with E-state index in [0.29, 0.717) is 18.7 Å². The zero-order chi connectivity index (χ0) is 17.5. The van der Waals surface area contributed by atoms with Crippen LogP contribution in [0.1, 0.15) is 12.5 Å². The Bertz CT molecular complexity index is 700. The number of hydrogen-bond acceptors (Lipinski definition) is 2. The van der Waals surface area contributed by atoms with Crippen molar-refractivity contribution < 1.29 is 18.4 Å². The van der Waals surface area contributed by atoms with Crippen molar-refractivity contribution in [2.45, 2.75) is 13.3 Å². The molecule has 0 atom stereocenters. The number of amides is 2. The van der Waals surface area contributed by atoms with E-state index in [9.17, 15) is 18.4 Å². The molecule has 0 radical (unpaired) electrons. The lowest BCUT2D eigenvalue weighted by atomic mass is 10.1. The Balaban J connectivity index is 1.87. The van der Waals surface area contributed by atoms with E-state index in [4.69, 9.17) is 0 Å². The van der Waals surface area contributed by atoms with Crippen LogP contribution in [0.2, 0.25) is 0 Å². The van der Waals surface area contributed by atoms with Gasteiger partial charge in [-0.15, -0.1) is 0 Å². The van der Waals surface area contributed by atoms with Crippen LogP contribution in [0, 0.1) is 11.6 Å². The van der Waals surface area contributed by atoms with Crippen molar-refractivity contribution in [3.05, 3.63) is 65.7 Å². The Labute approximate surface area is 139 Å². The molecule has 0 aliphatic rings. The zero-order valence-electron chi connectivity index (χ0n) is 13.3. The van der Waals surface area contributed by atoms with Crippen LogP contribution in [0.15, 0.2) is 48.5 Å². The number of nitrogens with one attached hydrogen (secondary N) is 1. The van der Waals surface area contributed by atoms with E-state index in [2.05, 4.69) is 5.32 Å². The van der Waals surface area contributed by atoms with Gasteiger partial charge in [-0.25, -0.2) is 8.78 Å². The summed E-state index contributed by atoms with van der Waals surface area (Å²) in [5, 5.41) is 2.71. The summed E-state index contributed by atoms with van der Waals surface area (Å²) in [6, 6.07) is 11.4. The molecule has 0 aromatic heterocycles. The molecule has 2 aromatic carbocycles. The number of nitrogens with zero attached hydrogens (tertiary/aromatic N) is 1. The summed E-state index contributed by atoms with van der Waals surface area (Å²) in [4.78, 5) is 25.0. The molecular weight excluding hydrogens is 314 g/mol. The van der Waals surface area contributed by atoms with Crippen LogP contribution in [-0.4, -0.2) is 24.9 Å². The van der Waals surface area contributed by atoms with Crippen LogP contribution in [0.4, 0.5) is 14.5 Å². The molecule has 4 nitrogen and oxygen atoms in total. The summed E-state index contributed by atoms with van der Waals surface area (Å²) in [6.45, 7) is 1.57. The number of halogens is 2. The van der Waals surface area contributed by atoms with Crippen molar-refractivity contribution in [2.24, 2.45) is 0 Å². The predicted molar refractivity (Wildman–Crippen MR) is 87.5 cm³/mol. The molecule has 2 aromatic rings. The Hall–Kier alpha value is -2.76. The van der Waals surface area contributed by atoms with Gasteiger partial charge in [0.15, 0.2) is 0 Å². The number of carbonyl (C=O) groups excluding carboxylic acids is 2. The number of rotatable bonds is 6. The molecule has 6 heteroatoms. The van der Waals surface area contributed by atoms with Gasteiger partial charge in [-0.3, -0.25) is 9.59 Å². The monoisotopic (exact) mass is 332 g/mol. The largest absolute Gasteiger partial charge is 0.354 e. The summed E-state index contributed by atoms with van der Waals surface area (Å²) in [5.41, 5.74) is 1.36. The van der Waals surface area contributed by atoms with Crippen molar-refractivity contribution in [3.63, 3.8) is 0 Å². The van der Waals surface area contributed by atoms with Gasteiger partial charge in [0.2, 0.25) is 11.8 Å². The molecule has 0 unspecified atom stereocenters. The minimum absolute atomic E-state index is 0.148. The van der Waals surface area contributed by atoms with Gasteiger partial charge >= 0.3 is 0 Å². The van der Waals surface area contributed by atoms with E-state index in [-0.39, 0.29) is 24.2 Å². The fourth-order valence-corrected chi connectivity index (χ4v) is 2.20. The Morgan fingerprint density at radius 2 is 1.50 bits per heavy atom. The van der Waals surface area contributed by atoms with E-state index >= 15 is 0 Å². The van der Waals surface area contributed by atoms with E-state index in [1.54, 1.807) is 12.1 Å². The second-order valence-electron chi connectivity index (χ2n) is 5.31. The second kappa shape index (κ2) is 8.19. The quantitative estimate of drug-likeness (QED) is 0.884. The molecule has 2 amide bonds. The fraction of sp³-hybridized carbons (Fsp3) is 0.222. The lowest BCUT2D eigenvalue weighted by Crippen LogP contribution is -2.40. The van der Waals surface area contributed by atoms with E-state index in [1.807, 2.05) is 0 Å². The highest BCUT2D eigenvalue weighted by atomic mass is 19.1. The van der Waals surface area contributed by atoms with Crippen LogP contribution in [0.25, 0.3) is 0 Å². The molecule has 0 heterocycles. The fourth-order valence-electron chi connectivity index (χ4n) is 2.20. The predicted octanol–water partition coefficient (Wildman–Crippen LogP) is 2.68. The molecule has 0 aliphatic heterocycles. The highest BCUT2D eigenvalue weighted by Gasteiger charge is 2.15. The van der Waals surface area contributed by atoms with Crippen LogP contribution in [0.3, 0.4) is 0 Å². The van der Waals surface area contributed by atoms with Gasteiger partial charge in [0.05, 0.1) is 0 Å². The first kappa shape index (κ1) is 17.6. The van der Waals surface area contributed by atoms with Gasteiger partial charge in [0.1, 0.15) is 18.2 Å². The number of benzene rings is 2. The molecule has 0 fully saturated rings. The highest BCUT2D eigenvalue weighted by molar-refractivity contribution is 5.97. The summed E-state index contributed by atoms with van der Waals surface area (Å²) in [6.07, 6.45) is 0.558. The maximum Gasteiger partial charge on any atom is 0.240 e. The Morgan fingerprint density at radius 3 is 2.04 bits per heavy atom. The average molecular weight is 332 g/mol. The molecule has 1 N–H and O–H groups in total. The maximum absolute atomic E-state index is 13.0. The van der Waals surface area contributed by atoms with E-state index in [1.165, 1.54) is 48.2 Å². The first-order valence-corrected chi connectivity index (χ1v) is 7.50. The molecule has 0 bridgehead atoms. The molecule has 126 valence electrons. The lowest BCUT2D eigenvalue weighted by Gasteiger charge is -2.20. The minimum Gasteiger partial charge on any atom is -0.354 e. The molecule has 24 heavy (non-hydrogen) atoms. The van der Waals surface area contributed by atoms with Crippen LogP contribution in [-0.2, 0) is 16.0 Å². The second-order valence-corrected chi connectivity index (χ2v) is 5.31. The van der Waals surface area contributed by atoms with Crippen molar-refractivity contribution in [2.75, 3.05) is 18.0 Å². The van der Waals surface area contributed by atoms with Crippen molar-refractivity contribution in [1.82, 2.24) is 5.32 Å². The first-order valence-electron chi connectivity index (χ1n) is 7.50. The van der Waals surface area contributed by atoms with Crippen molar-refractivity contribution in [3.8, 4) is 0 Å². The zero-order valence-corrected chi connectivity index (χ0v) is 13.3. The van der Waals surface area contributed by atoms with Gasteiger partial charge < -0.3 is 10.2 Å². The van der Waals surface area contributed by atoms with E-state index in [0.717, 1.165) is 5.56 Å². The van der Waals surface area contributed by atoms with Gasteiger partial charge in [-0.2, -0.15) is 0 Å². The SMILES string of the molecule is CC(=O)N(CC(=O)NCCc1ccc(F)cc1)c1ccc(F)cc1. The third-order valence-corrected chi connectivity index (χ3v) is 3.47. The summed E-state index contributed by atoms with van der Waals surface area (Å²) in [7, 11) is 0. The van der Waals surface area contributed by atoms with Crippen LogP contribution < -0.4 is 10.2 Å².